The van der Waals surface area contributed by atoms with Crippen LogP contribution >= 0.6 is 0 Å². The Kier molecular flexibility index (Phi) is 15.0. The molecule has 1 aliphatic rings. The summed E-state index contributed by atoms with van der Waals surface area (Å²) in [5.41, 5.74) is 12.7. The van der Waals surface area contributed by atoms with Crippen LogP contribution in [0.15, 0.2) is 102 Å². The topological polar surface area (TPSA) is 122 Å². The van der Waals surface area contributed by atoms with Crippen molar-refractivity contribution in [1.82, 2.24) is 9.55 Å². The van der Waals surface area contributed by atoms with Crippen LogP contribution in [0.2, 0.25) is 0 Å². The van der Waals surface area contributed by atoms with Gasteiger partial charge in [0.05, 0.1) is 18.0 Å². The Hall–Kier alpha value is -5.91. The van der Waals surface area contributed by atoms with Crippen molar-refractivity contribution >= 4 is 0 Å². The zero-order chi connectivity index (χ0) is 39.5. The third-order valence-electron chi connectivity index (χ3n) is 9.75. The molecular weight excluding hydrogens is 873 g/mol. The molecule has 0 amide bonds. The molecule has 7 nitrogen and oxygen atoms in total. The molecule has 1 aliphatic heterocycles. The number of hydrogen-bond donors (Lipinski definition) is 0. The molecule has 2 heterocycles. The smallest absolute Gasteiger partial charge is 3.00 e. The van der Waals surface area contributed by atoms with Crippen LogP contribution in [0.5, 0.6) is 0 Å². The van der Waals surface area contributed by atoms with Gasteiger partial charge >= 0.3 is 42.7 Å². The van der Waals surface area contributed by atoms with E-state index in [0.29, 0.717) is 17.0 Å². The van der Waals surface area contributed by atoms with Crippen LogP contribution in [0.4, 0.5) is 0 Å². The van der Waals surface area contributed by atoms with Crippen LogP contribution in [0.3, 0.4) is 0 Å². The summed E-state index contributed by atoms with van der Waals surface area (Å²) >= 11 is 0. The molecule has 0 bridgehead atoms. The molecule has 6 aromatic rings. The average Bonchev–Trinajstić information content (AvgIpc) is 3.22. The molecule has 5 aromatic carbocycles. The molecule has 0 saturated heterocycles. The second-order valence-corrected chi connectivity index (χ2v) is 14.2. The first-order valence-electron chi connectivity index (χ1n) is 17.8. The molecule has 0 spiro atoms. The molecule has 0 unspecified atom stereocenters. The van der Waals surface area contributed by atoms with Gasteiger partial charge in [-0.1, -0.05) is 98.3 Å². The monoisotopic (exact) mass is 910 g/mol. The molecule has 1 aromatic heterocycles. The second-order valence-electron chi connectivity index (χ2n) is 14.2. The number of fused-ring (bicyclic) bond motifs is 3. The van der Waals surface area contributed by atoms with E-state index in [1.807, 2.05) is 30.3 Å². The molecule has 0 aliphatic carbocycles. The standard InChI is InChI=1S/C46H37N4O.2CO.Ir/c1-46(2,3)43-28-44(51)49-45-42-21-20-35(27-36(42)22-23-50(43)45)40-14-8-9-15-41(40)39-25-31(16-18-33-10-4-6-12-37(33)29-47)24-32(26-39)17-19-34-11-5-7-13-38(34)30-48;2*1-2;/h6-15,20,24-28H,16-19,22-23H2,1-3H3;;;/q-3;;;+3. The van der Waals surface area contributed by atoms with E-state index in [9.17, 15) is 15.3 Å². The fourth-order valence-corrected chi connectivity index (χ4v) is 7.19. The van der Waals surface area contributed by atoms with Crippen LogP contribution < -0.4 is 5.56 Å². The first-order chi connectivity index (χ1) is 26.7. The van der Waals surface area contributed by atoms with Crippen LogP contribution in [0.25, 0.3) is 33.6 Å². The molecule has 0 atom stereocenters. The van der Waals surface area contributed by atoms with Crippen molar-refractivity contribution in [3.63, 3.8) is 0 Å². The maximum Gasteiger partial charge on any atom is 3.00 e. The van der Waals surface area contributed by atoms with Crippen molar-refractivity contribution < 1.29 is 29.4 Å². The number of rotatable bonds is 8. The Balaban J connectivity index is 0.00000135. The predicted octanol–water partition coefficient (Wildman–Crippen LogP) is 8.73. The van der Waals surface area contributed by atoms with Gasteiger partial charge in [0.2, 0.25) is 0 Å². The van der Waals surface area contributed by atoms with Crippen LogP contribution in [-0.4, -0.2) is 9.55 Å². The first-order valence-corrected chi connectivity index (χ1v) is 17.8. The molecule has 0 saturated carbocycles. The van der Waals surface area contributed by atoms with E-state index >= 15 is 0 Å². The van der Waals surface area contributed by atoms with Gasteiger partial charge in [-0.2, -0.15) is 59.1 Å². The van der Waals surface area contributed by atoms with Gasteiger partial charge in [-0.3, -0.25) is 4.79 Å². The fourth-order valence-electron chi connectivity index (χ4n) is 7.19. The zero-order valence-corrected chi connectivity index (χ0v) is 33.7. The number of aromatic nitrogens is 2. The number of nitriles is 2. The van der Waals surface area contributed by atoms with Crippen LogP contribution in [-0.2, 0) is 73.5 Å². The summed E-state index contributed by atoms with van der Waals surface area (Å²) in [6.07, 6.45) is 3.82. The van der Waals surface area contributed by atoms with E-state index in [2.05, 4.69) is 122 Å². The maximum atomic E-state index is 12.7. The molecule has 8 heteroatoms. The van der Waals surface area contributed by atoms with Crippen molar-refractivity contribution in [2.45, 2.75) is 64.8 Å². The van der Waals surface area contributed by atoms with E-state index in [1.165, 1.54) is 11.1 Å². The predicted molar refractivity (Wildman–Crippen MR) is 209 cm³/mol. The number of benzene rings is 5. The third-order valence-corrected chi connectivity index (χ3v) is 9.75. The van der Waals surface area contributed by atoms with Gasteiger partial charge in [-0.05, 0) is 41.5 Å². The molecule has 0 N–H and O–H groups in total. The Morgan fingerprint density at radius 2 is 1.32 bits per heavy atom. The number of hydrogen-bond acceptors (Lipinski definition) is 4. The summed E-state index contributed by atoms with van der Waals surface area (Å²) in [5, 5.41) is 19.4. The van der Waals surface area contributed by atoms with Crippen LogP contribution in [0, 0.1) is 54.2 Å². The minimum absolute atomic E-state index is 0. The van der Waals surface area contributed by atoms with Crippen molar-refractivity contribution in [3.8, 4) is 45.8 Å². The number of nitrogens with zero attached hydrogens (tertiary/aromatic N) is 4. The van der Waals surface area contributed by atoms with Crippen LogP contribution in [0.1, 0.15) is 65.4 Å². The van der Waals surface area contributed by atoms with Crippen molar-refractivity contribution in [3.05, 3.63) is 184 Å². The summed E-state index contributed by atoms with van der Waals surface area (Å²) in [4.78, 5) is 17.2. The zero-order valence-electron chi connectivity index (χ0n) is 31.3. The Labute approximate surface area is 342 Å². The average molecular weight is 910 g/mol. The summed E-state index contributed by atoms with van der Waals surface area (Å²) in [6.45, 7) is 16.1. The summed E-state index contributed by atoms with van der Waals surface area (Å²) in [7, 11) is 0. The number of aryl methyl sites for hydroxylation is 5. The van der Waals surface area contributed by atoms with E-state index in [-0.39, 0.29) is 31.1 Å². The molecular formula is C48H37IrN4O3. The Bertz CT molecular complexity index is 2440. The largest absolute Gasteiger partial charge is 3.00 e. The van der Waals surface area contributed by atoms with E-state index in [4.69, 9.17) is 9.30 Å². The van der Waals surface area contributed by atoms with E-state index in [0.717, 1.165) is 88.9 Å². The minimum atomic E-state index is -0.221. The molecule has 0 fully saturated rings. The minimum Gasteiger partial charge on any atom is 3.00 e. The quantitative estimate of drug-likeness (QED) is 0.112. The van der Waals surface area contributed by atoms with Crippen molar-refractivity contribution in [2.24, 2.45) is 0 Å². The summed E-state index contributed by atoms with van der Waals surface area (Å²) in [5.74, 6) is 0.692. The van der Waals surface area contributed by atoms with Gasteiger partial charge in [0.1, 0.15) is 0 Å². The maximum absolute atomic E-state index is 12.7. The van der Waals surface area contributed by atoms with E-state index < -0.39 is 0 Å². The van der Waals surface area contributed by atoms with Crippen molar-refractivity contribution in [1.29, 1.82) is 10.5 Å². The molecule has 7 rings (SSSR count). The molecule has 56 heavy (non-hydrogen) atoms. The first kappa shape index (κ1) is 42.8. The fraction of sp³-hybridized carbons (Fsp3) is 0.208. The second kappa shape index (κ2) is 19.6. The Morgan fingerprint density at radius 1 is 0.768 bits per heavy atom. The van der Waals surface area contributed by atoms with Gasteiger partial charge in [-0.15, -0.1) is 40.5 Å². The SMILES string of the molecule is CC(C)(C)c1cc(=O)nc2n1CCc1cc(-c3ccccc3-c3cc(CCc4c[c-]ccc4C#N)cc(CCc4c[c-]ccc4C#N)c3)c[c-]c1-2.[C-]#[O+].[C-]#[O+].[Ir+3]. The summed E-state index contributed by atoms with van der Waals surface area (Å²) < 4.78 is 17.2. The third kappa shape index (κ3) is 9.66. The van der Waals surface area contributed by atoms with Gasteiger partial charge in [0.25, 0.3) is 5.56 Å². The molecule has 0 radical (unpaired) electrons. The van der Waals surface area contributed by atoms with Gasteiger partial charge in [0, 0.05) is 23.7 Å². The van der Waals surface area contributed by atoms with Crippen molar-refractivity contribution in [2.75, 3.05) is 0 Å². The summed E-state index contributed by atoms with van der Waals surface area (Å²) in [6, 6.07) is 46.7. The van der Waals surface area contributed by atoms with Gasteiger partial charge in [-0.25, -0.2) is 4.98 Å². The van der Waals surface area contributed by atoms with E-state index in [1.54, 1.807) is 18.2 Å². The normalized spacial score (nSPS) is 11.0. The van der Waals surface area contributed by atoms with Gasteiger partial charge in [0.15, 0.2) is 0 Å². The Morgan fingerprint density at radius 3 is 1.86 bits per heavy atom. The van der Waals surface area contributed by atoms with Gasteiger partial charge < -0.3 is 4.57 Å². The molecule has 276 valence electrons.